The van der Waals surface area contributed by atoms with Crippen LogP contribution in [0.25, 0.3) is 11.0 Å². The molecular weight excluding hydrogens is 281 g/mol. The highest BCUT2D eigenvalue weighted by Crippen LogP contribution is 2.16. The Hall–Kier alpha value is -2.69. The number of carbonyl (C=O) groups is 1. The van der Waals surface area contributed by atoms with Crippen molar-refractivity contribution in [2.45, 2.75) is 19.5 Å². The molecule has 2 aromatic carbocycles. The molecule has 0 aliphatic carbocycles. The number of aromatic nitrogens is 2. The summed E-state index contributed by atoms with van der Waals surface area (Å²) in [6.45, 7) is 1.92. The molecule has 1 N–H and O–H groups in total. The van der Waals surface area contributed by atoms with E-state index in [0.717, 1.165) is 11.0 Å². The molecule has 1 unspecified atom stereocenters. The second kappa shape index (κ2) is 5.97. The van der Waals surface area contributed by atoms with E-state index in [1.54, 1.807) is 36.0 Å². The van der Waals surface area contributed by atoms with Crippen LogP contribution in [0.1, 0.15) is 18.5 Å². The minimum absolute atomic E-state index is 0.152. The van der Waals surface area contributed by atoms with E-state index in [4.69, 9.17) is 0 Å². The van der Waals surface area contributed by atoms with Gasteiger partial charge >= 0.3 is 0 Å². The summed E-state index contributed by atoms with van der Waals surface area (Å²) in [4.78, 5) is 16.4. The second-order valence-corrected chi connectivity index (χ2v) is 5.17. The zero-order valence-corrected chi connectivity index (χ0v) is 12.2. The minimum Gasteiger partial charge on any atom is -0.348 e. The van der Waals surface area contributed by atoms with Gasteiger partial charge in [-0.2, -0.15) is 0 Å². The molecule has 0 radical (unpaired) electrons. The van der Waals surface area contributed by atoms with Gasteiger partial charge in [0.05, 0.1) is 23.4 Å². The highest BCUT2D eigenvalue weighted by atomic mass is 19.1. The molecule has 0 saturated heterocycles. The summed E-state index contributed by atoms with van der Waals surface area (Å²) in [6, 6.07) is 13.7. The van der Waals surface area contributed by atoms with Crippen LogP contribution in [0.2, 0.25) is 0 Å². The van der Waals surface area contributed by atoms with E-state index in [-0.39, 0.29) is 24.3 Å². The monoisotopic (exact) mass is 297 g/mol. The van der Waals surface area contributed by atoms with Crippen molar-refractivity contribution < 1.29 is 9.18 Å². The second-order valence-electron chi connectivity index (χ2n) is 5.17. The number of nitrogens with one attached hydrogen (secondary N) is 1. The van der Waals surface area contributed by atoms with Crippen molar-refractivity contribution in [2.24, 2.45) is 0 Å². The highest BCUT2D eigenvalue weighted by Gasteiger charge is 2.14. The van der Waals surface area contributed by atoms with Crippen LogP contribution in [-0.4, -0.2) is 15.5 Å². The Morgan fingerprint density at radius 2 is 1.95 bits per heavy atom. The molecule has 0 saturated carbocycles. The number of carbonyl (C=O) groups excluding carboxylic acids is 1. The lowest BCUT2D eigenvalue weighted by Gasteiger charge is -2.15. The number of amides is 1. The predicted octanol–water partition coefficient (Wildman–Crippen LogP) is 3.05. The topological polar surface area (TPSA) is 46.9 Å². The standard InChI is InChI=1S/C17H16FN3O/c1-12(13-6-2-3-7-14(13)18)20-17(22)10-21-11-19-15-8-4-5-9-16(15)21/h2-9,11-12H,10H2,1H3,(H,20,22). The highest BCUT2D eigenvalue weighted by molar-refractivity contribution is 5.80. The van der Waals surface area contributed by atoms with E-state index in [9.17, 15) is 9.18 Å². The van der Waals surface area contributed by atoms with Crippen molar-refractivity contribution in [1.82, 2.24) is 14.9 Å². The molecule has 1 heterocycles. The van der Waals surface area contributed by atoms with Crippen LogP contribution < -0.4 is 5.32 Å². The molecule has 0 fully saturated rings. The largest absolute Gasteiger partial charge is 0.348 e. The molecule has 112 valence electrons. The Balaban J connectivity index is 1.71. The first-order valence-electron chi connectivity index (χ1n) is 7.09. The normalized spacial score (nSPS) is 12.3. The number of benzene rings is 2. The minimum atomic E-state index is -0.386. The average Bonchev–Trinajstić information content (AvgIpc) is 2.91. The van der Waals surface area contributed by atoms with E-state index in [1.807, 2.05) is 24.3 Å². The fraction of sp³-hybridized carbons (Fsp3) is 0.176. The molecular formula is C17H16FN3O. The third kappa shape index (κ3) is 2.83. The quantitative estimate of drug-likeness (QED) is 0.804. The molecule has 5 heteroatoms. The van der Waals surface area contributed by atoms with Gasteiger partial charge in [0, 0.05) is 5.56 Å². The maximum atomic E-state index is 13.7. The molecule has 1 atom stereocenters. The summed E-state index contributed by atoms with van der Waals surface area (Å²) in [7, 11) is 0. The smallest absolute Gasteiger partial charge is 0.240 e. The predicted molar refractivity (Wildman–Crippen MR) is 82.7 cm³/mol. The summed E-state index contributed by atoms with van der Waals surface area (Å²) in [5.74, 6) is -0.498. The van der Waals surface area contributed by atoms with Gasteiger partial charge in [0.25, 0.3) is 0 Å². The van der Waals surface area contributed by atoms with Crippen molar-refractivity contribution in [3.8, 4) is 0 Å². The summed E-state index contributed by atoms with van der Waals surface area (Å²) in [6.07, 6.45) is 1.64. The van der Waals surface area contributed by atoms with Crippen LogP contribution in [0.5, 0.6) is 0 Å². The Bertz CT molecular complexity index is 812. The van der Waals surface area contributed by atoms with Crippen molar-refractivity contribution in [1.29, 1.82) is 0 Å². The van der Waals surface area contributed by atoms with Gasteiger partial charge in [-0.3, -0.25) is 4.79 Å². The van der Waals surface area contributed by atoms with Crippen molar-refractivity contribution >= 4 is 16.9 Å². The lowest BCUT2D eigenvalue weighted by atomic mass is 10.1. The zero-order valence-electron chi connectivity index (χ0n) is 12.2. The number of hydrogen-bond donors (Lipinski definition) is 1. The number of rotatable bonds is 4. The zero-order chi connectivity index (χ0) is 15.5. The summed E-state index contributed by atoms with van der Waals surface area (Å²) in [5.41, 5.74) is 2.22. The molecule has 4 nitrogen and oxygen atoms in total. The molecule has 3 aromatic rings. The first-order chi connectivity index (χ1) is 10.6. The molecule has 1 aromatic heterocycles. The maximum Gasteiger partial charge on any atom is 0.240 e. The van der Waals surface area contributed by atoms with E-state index >= 15 is 0 Å². The van der Waals surface area contributed by atoms with Crippen molar-refractivity contribution in [3.05, 3.63) is 66.2 Å². The number of para-hydroxylation sites is 2. The molecule has 0 spiro atoms. The van der Waals surface area contributed by atoms with E-state index in [0.29, 0.717) is 5.56 Å². The van der Waals surface area contributed by atoms with Gasteiger partial charge in [0.1, 0.15) is 12.4 Å². The van der Waals surface area contributed by atoms with Gasteiger partial charge in [-0.05, 0) is 25.1 Å². The van der Waals surface area contributed by atoms with Crippen LogP contribution in [-0.2, 0) is 11.3 Å². The molecule has 0 bridgehead atoms. The van der Waals surface area contributed by atoms with Gasteiger partial charge < -0.3 is 9.88 Å². The number of nitrogens with zero attached hydrogens (tertiary/aromatic N) is 2. The van der Waals surface area contributed by atoms with Crippen LogP contribution in [0.3, 0.4) is 0 Å². The number of imidazole rings is 1. The number of halogens is 1. The van der Waals surface area contributed by atoms with Crippen LogP contribution >= 0.6 is 0 Å². The molecule has 3 rings (SSSR count). The Morgan fingerprint density at radius 1 is 1.23 bits per heavy atom. The van der Waals surface area contributed by atoms with Crippen molar-refractivity contribution in [3.63, 3.8) is 0 Å². The van der Waals surface area contributed by atoms with Crippen LogP contribution in [0.4, 0.5) is 4.39 Å². The van der Waals surface area contributed by atoms with Gasteiger partial charge in [-0.25, -0.2) is 9.37 Å². The Labute approximate surface area is 127 Å². The third-order valence-corrected chi connectivity index (χ3v) is 3.59. The Morgan fingerprint density at radius 3 is 2.77 bits per heavy atom. The fourth-order valence-electron chi connectivity index (χ4n) is 2.48. The summed E-state index contributed by atoms with van der Waals surface area (Å²) in [5, 5.41) is 2.81. The van der Waals surface area contributed by atoms with Gasteiger partial charge in [0.15, 0.2) is 0 Å². The molecule has 22 heavy (non-hydrogen) atoms. The van der Waals surface area contributed by atoms with Gasteiger partial charge in [-0.15, -0.1) is 0 Å². The molecule has 1 amide bonds. The first kappa shape index (κ1) is 14.3. The van der Waals surface area contributed by atoms with Crippen molar-refractivity contribution in [2.75, 3.05) is 0 Å². The van der Waals surface area contributed by atoms with Gasteiger partial charge in [0.2, 0.25) is 5.91 Å². The van der Waals surface area contributed by atoms with Crippen LogP contribution in [0.15, 0.2) is 54.9 Å². The van der Waals surface area contributed by atoms with Crippen LogP contribution in [0, 0.1) is 5.82 Å². The SMILES string of the molecule is CC(NC(=O)Cn1cnc2ccccc21)c1ccccc1F. The summed E-state index contributed by atoms with van der Waals surface area (Å²) < 4.78 is 15.5. The third-order valence-electron chi connectivity index (χ3n) is 3.59. The number of hydrogen-bond acceptors (Lipinski definition) is 2. The average molecular weight is 297 g/mol. The first-order valence-corrected chi connectivity index (χ1v) is 7.09. The summed E-state index contributed by atoms with van der Waals surface area (Å²) >= 11 is 0. The van der Waals surface area contributed by atoms with E-state index < -0.39 is 0 Å². The maximum absolute atomic E-state index is 13.7. The lowest BCUT2D eigenvalue weighted by molar-refractivity contribution is -0.122. The number of fused-ring (bicyclic) bond motifs is 1. The van der Waals surface area contributed by atoms with E-state index in [1.165, 1.54) is 6.07 Å². The fourth-order valence-corrected chi connectivity index (χ4v) is 2.48. The Kier molecular flexibility index (Phi) is 3.87. The molecule has 0 aliphatic rings. The van der Waals surface area contributed by atoms with Gasteiger partial charge in [-0.1, -0.05) is 30.3 Å². The molecule has 0 aliphatic heterocycles. The van der Waals surface area contributed by atoms with E-state index in [2.05, 4.69) is 10.3 Å². The lowest BCUT2D eigenvalue weighted by Crippen LogP contribution is -2.30.